The zero-order valence-corrected chi connectivity index (χ0v) is 11.1. The van der Waals surface area contributed by atoms with E-state index >= 15 is 0 Å². The molecule has 0 N–H and O–H groups in total. The van der Waals surface area contributed by atoms with Crippen molar-refractivity contribution in [2.75, 3.05) is 0 Å². The van der Waals surface area contributed by atoms with E-state index in [4.69, 9.17) is 0 Å². The predicted octanol–water partition coefficient (Wildman–Crippen LogP) is 4.96. The van der Waals surface area contributed by atoms with Gasteiger partial charge in [-0.3, -0.25) is 0 Å². The van der Waals surface area contributed by atoms with Crippen molar-refractivity contribution in [1.29, 1.82) is 0 Å². The molecule has 0 unspecified atom stereocenters. The lowest BCUT2D eigenvalue weighted by molar-refractivity contribution is 0.753. The van der Waals surface area contributed by atoms with Crippen LogP contribution in [-0.4, -0.2) is 0 Å². The van der Waals surface area contributed by atoms with E-state index in [0.717, 1.165) is 12.8 Å². The van der Waals surface area contributed by atoms with E-state index in [0.29, 0.717) is 5.92 Å². The maximum atomic E-state index is 2.37. The fourth-order valence-corrected chi connectivity index (χ4v) is 2.86. The van der Waals surface area contributed by atoms with E-state index < -0.39 is 0 Å². The molecule has 2 aliphatic rings. The topological polar surface area (TPSA) is 0 Å². The van der Waals surface area contributed by atoms with Crippen LogP contribution in [0.15, 0.2) is 45.6 Å². The van der Waals surface area contributed by atoms with Gasteiger partial charge >= 0.3 is 0 Å². The van der Waals surface area contributed by atoms with Crippen LogP contribution in [0.3, 0.4) is 0 Å². The lowest BCUT2D eigenvalue weighted by Gasteiger charge is -2.18. The monoisotopic (exact) mass is 214 g/mol. The third-order valence-corrected chi connectivity index (χ3v) is 4.45. The van der Waals surface area contributed by atoms with Crippen molar-refractivity contribution in [3.8, 4) is 0 Å². The normalized spacial score (nSPS) is 21.1. The molecule has 0 spiro atoms. The molecular weight excluding hydrogens is 192 g/mol. The zero-order valence-electron chi connectivity index (χ0n) is 11.1. The smallest absolute Gasteiger partial charge is 0.000357 e. The first kappa shape index (κ1) is 11.4. The Morgan fingerprint density at radius 3 is 1.44 bits per heavy atom. The molecule has 0 amide bonds. The van der Waals surface area contributed by atoms with Crippen LogP contribution >= 0.6 is 0 Å². The second kappa shape index (κ2) is 4.08. The highest BCUT2D eigenvalue weighted by atomic mass is 14.3. The van der Waals surface area contributed by atoms with E-state index in [1.165, 1.54) is 22.3 Å². The summed E-state index contributed by atoms with van der Waals surface area (Å²) in [4.78, 5) is 0. The van der Waals surface area contributed by atoms with Gasteiger partial charge in [0.2, 0.25) is 0 Å². The quantitative estimate of drug-likeness (QED) is 0.609. The van der Waals surface area contributed by atoms with Gasteiger partial charge in [-0.05, 0) is 57.6 Å². The van der Waals surface area contributed by atoms with Gasteiger partial charge in [-0.2, -0.15) is 0 Å². The Morgan fingerprint density at radius 2 is 1.19 bits per heavy atom. The second-order valence-corrected chi connectivity index (χ2v) is 5.20. The Bertz CT molecular complexity index is 397. The first-order chi connectivity index (χ1) is 7.52. The molecule has 0 saturated carbocycles. The lowest BCUT2D eigenvalue weighted by atomic mass is 9.87. The highest BCUT2D eigenvalue weighted by molar-refractivity contribution is 5.48. The molecule has 0 aliphatic heterocycles. The zero-order chi connectivity index (χ0) is 11.9. The van der Waals surface area contributed by atoms with E-state index in [1.54, 1.807) is 11.1 Å². The van der Waals surface area contributed by atoms with Crippen molar-refractivity contribution in [3.05, 3.63) is 45.6 Å². The molecule has 0 nitrogen and oxygen atoms in total. The Labute approximate surface area is 99.4 Å². The van der Waals surface area contributed by atoms with Crippen LogP contribution < -0.4 is 0 Å². The highest BCUT2D eigenvalue weighted by Crippen LogP contribution is 2.39. The molecule has 0 heterocycles. The van der Waals surface area contributed by atoms with E-state index in [1.807, 2.05) is 0 Å². The molecule has 0 saturated heterocycles. The molecule has 16 heavy (non-hydrogen) atoms. The number of hydrogen-bond acceptors (Lipinski definition) is 0. The molecule has 0 aromatic carbocycles. The molecule has 0 bridgehead atoms. The largest absolute Gasteiger partial charge is 0.0772 e. The Hall–Kier alpha value is -1.04. The summed E-state index contributed by atoms with van der Waals surface area (Å²) in [5.74, 6) is 0.627. The van der Waals surface area contributed by atoms with Crippen LogP contribution in [0.1, 0.15) is 47.5 Å². The van der Waals surface area contributed by atoms with Crippen LogP contribution in [0.4, 0.5) is 0 Å². The SMILES string of the molecule is CC1=CCC(C(C)C2=C(C)C(C)=CC2)=C1C. The van der Waals surface area contributed by atoms with Gasteiger partial charge in [-0.15, -0.1) is 0 Å². The summed E-state index contributed by atoms with van der Waals surface area (Å²) in [5.41, 5.74) is 9.27. The van der Waals surface area contributed by atoms with E-state index in [2.05, 4.69) is 46.8 Å². The standard InChI is InChI=1S/C16H22/c1-10-6-8-15(12(10)3)14(5)16-9-7-11(2)13(16)4/h6-7,14H,8-9H2,1-5H3. The van der Waals surface area contributed by atoms with Crippen molar-refractivity contribution in [2.45, 2.75) is 47.5 Å². The summed E-state index contributed by atoms with van der Waals surface area (Å²) in [5, 5.41) is 0. The van der Waals surface area contributed by atoms with Crippen LogP contribution in [0.25, 0.3) is 0 Å². The second-order valence-electron chi connectivity index (χ2n) is 5.20. The Morgan fingerprint density at radius 1 is 0.812 bits per heavy atom. The van der Waals surface area contributed by atoms with Gasteiger partial charge in [-0.25, -0.2) is 0 Å². The van der Waals surface area contributed by atoms with Crippen molar-refractivity contribution in [3.63, 3.8) is 0 Å². The van der Waals surface area contributed by atoms with Gasteiger partial charge in [0.15, 0.2) is 0 Å². The number of allylic oxidation sites excluding steroid dienone is 8. The first-order valence-corrected chi connectivity index (χ1v) is 6.26. The van der Waals surface area contributed by atoms with Crippen molar-refractivity contribution < 1.29 is 0 Å². The minimum atomic E-state index is 0.627. The maximum Gasteiger partial charge on any atom is -0.000357 e. The molecule has 2 aliphatic carbocycles. The summed E-state index contributed by atoms with van der Waals surface area (Å²) >= 11 is 0. The molecule has 0 aromatic rings. The summed E-state index contributed by atoms with van der Waals surface area (Å²) in [6.07, 6.45) is 7.06. The maximum absolute atomic E-state index is 2.37. The molecule has 0 atom stereocenters. The van der Waals surface area contributed by atoms with Crippen molar-refractivity contribution >= 4 is 0 Å². The summed E-state index contributed by atoms with van der Waals surface area (Å²) in [6, 6.07) is 0. The average molecular weight is 214 g/mol. The lowest BCUT2D eigenvalue weighted by Crippen LogP contribution is -2.04. The van der Waals surface area contributed by atoms with Crippen molar-refractivity contribution in [1.82, 2.24) is 0 Å². The first-order valence-electron chi connectivity index (χ1n) is 6.26. The fourth-order valence-electron chi connectivity index (χ4n) is 2.86. The van der Waals surface area contributed by atoms with Crippen LogP contribution in [0.2, 0.25) is 0 Å². The van der Waals surface area contributed by atoms with E-state index in [9.17, 15) is 0 Å². The fraction of sp³-hybridized carbons (Fsp3) is 0.500. The minimum Gasteiger partial charge on any atom is -0.0772 e. The summed E-state index contributed by atoms with van der Waals surface area (Å²) in [7, 11) is 0. The van der Waals surface area contributed by atoms with Crippen LogP contribution in [-0.2, 0) is 0 Å². The van der Waals surface area contributed by atoms with E-state index in [-0.39, 0.29) is 0 Å². The van der Waals surface area contributed by atoms with Crippen molar-refractivity contribution in [2.24, 2.45) is 5.92 Å². The molecular formula is C16H22. The molecule has 0 fully saturated rings. The summed E-state index contributed by atoms with van der Waals surface area (Å²) in [6.45, 7) is 11.4. The van der Waals surface area contributed by atoms with Gasteiger partial charge in [0.1, 0.15) is 0 Å². The van der Waals surface area contributed by atoms with Gasteiger partial charge in [0.25, 0.3) is 0 Å². The molecule has 0 radical (unpaired) electrons. The number of rotatable bonds is 2. The molecule has 86 valence electrons. The number of hydrogen-bond donors (Lipinski definition) is 0. The van der Waals surface area contributed by atoms with Crippen LogP contribution in [0, 0.1) is 5.92 Å². The van der Waals surface area contributed by atoms with Gasteiger partial charge in [-0.1, -0.05) is 41.4 Å². The van der Waals surface area contributed by atoms with Gasteiger partial charge < -0.3 is 0 Å². The minimum absolute atomic E-state index is 0.627. The third-order valence-electron chi connectivity index (χ3n) is 4.45. The summed E-state index contributed by atoms with van der Waals surface area (Å²) < 4.78 is 0. The molecule has 0 heteroatoms. The Balaban J connectivity index is 2.27. The van der Waals surface area contributed by atoms with Crippen LogP contribution in [0.5, 0.6) is 0 Å². The highest BCUT2D eigenvalue weighted by Gasteiger charge is 2.23. The van der Waals surface area contributed by atoms with Gasteiger partial charge in [0.05, 0.1) is 0 Å². The molecule has 2 rings (SSSR count). The third kappa shape index (κ3) is 1.71. The Kier molecular flexibility index (Phi) is 2.92. The van der Waals surface area contributed by atoms with Gasteiger partial charge in [0, 0.05) is 0 Å². The average Bonchev–Trinajstić information content (AvgIpc) is 2.74. The predicted molar refractivity (Wildman–Crippen MR) is 71.3 cm³/mol. The molecule has 0 aromatic heterocycles.